The summed E-state index contributed by atoms with van der Waals surface area (Å²) in [5.74, 6) is 0.585. The Kier molecular flexibility index (Phi) is 6.85. The van der Waals surface area contributed by atoms with Crippen molar-refractivity contribution < 1.29 is 14.5 Å². The van der Waals surface area contributed by atoms with Gasteiger partial charge in [0.1, 0.15) is 10.8 Å². The van der Waals surface area contributed by atoms with E-state index in [2.05, 4.69) is 10.6 Å². The van der Waals surface area contributed by atoms with Gasteiger partial charge in [-0.2, -0.15) is 0 Å². The molecule has 2 N–H and O–H groups in total. The summed E-state index contributed by atoms with van der Waals surface area (Å²) in [6, 6.07) is 10.7. The van der Waals surface area contributed by atoms with E-state index in [9.17, 15) is 14.9 Å². The monoisotopic (exact) mass is 383 g/mol. The second kappa shape index (κ2) is 9.10. The molecule has 132 valence electrons. The fourth-order valence-corrected chi connectivity index (χ4v) is 2.30. The van der Waals surface area contributed by atoms with E-state index >= 15 is 0 Å². The number of hydrogen-bond acceptors (Lipinski definition) is 4. The number of hydrogen-bond donors (Lipinski definition) is 2. The number of ether oxygens (including phenoxy) is 1. The molecule has 0 fully saturated rings. The van der Waals surface area contributed by atoms with E-state index in [1.165, 1.54) is 18.2 Å². The molecule has 0 saturated carbocycles. The van der Waals surface area contributed by atoms with E-state index < -0.39 is 11.0 Å². The third-order valence-corrected chi connectivity index (χ3v) is 3.73. The Morgan fingerprint density at radius 3 is 2.64 bits per heavy atom. The molecule has 2 amide bonds. The normalized spacial score (nSPS) is 10.2. The van der Waals surface area contributed by atoms with Gasteiger partial charge in [-0.1, -0.05) is 35.3 Å². The molecule has 0 atom stereocenters. The first-order valence-corrected chi connectivity index (χ1v) is 8.09. The predicted molar refractivity (Wildman–Crippen MR) is 96.7 cm³/mol. The Morgan fingerprint density at radius 2 is 1.92 bits per heavy atom. The first kappa shape index (κ1) is 18.8. The smallest absolute Gasteiger partial charge is 0.319 e. The van der Waals surface area contributed by atoms with Crippen LogP contribution in [0.2, 0.25) is 10.0 Å². The average molecular weight is 384 g/mol. The molecule has 9 heteroatoms. The molecule has 25 heavy (non-hydrogen) atoms. The second-order valence-electron chi connectivity index (χ2n) is 4.94. The lowest BCUT2D eigenvalue weighted by Crippen LogP contribution is -2.30. The fraction of sp³-hybridized carbons (Fsp3) is 0.188. The highest BCUT2D eigenvalue weighted by molar-refractivity contribution is 6.32. The molecular formula is C16H15Cl2N3O4. The number of halogens is 2. The topological polar surface area (TPSA) is 93.5 Å². The van der Waals surface area contributed by atoms with Gasteiger partial charge in [-0.15, -0.1) is 0 Å². The number of nitro groups is 1. The largest absolute Gasteiger partial charge is 0.492 e. The molecule has 0 heterocycles. The molecule has 0 unspecified atom stereocenters. The van der Waals surface area contributed by atoms with Crippen molar-refractivity contribution in [1.82, 2.24) is 5.32 Å². The summed E-state index contributed by atoms with van der Waals surface area (Å²) in [4.78, 5) is 22.0. The van der Waals surface area contributed by atoms with Crippen molar-refractivity contribution in [2.24, 2.45) is 0 Å². The number of benzene rings is 2. The van der Waals surface area contributed by atoms with Gasteiger partial charge in [0.15, 0.2) is 0 Å². The Balaban J connectivity index is 1.73. The average Bonchev–Trinajstić information content (AvgIpc) is 2.57. The summed E-state index contributed by atoms with van der Waals surface area (Å²) in [5.41, 5.74) is 0.00789. The van der Waals surface area contributed by atoms with Crippen molar-refractivity contribution in [2.45, 2.75) is 6.42 Å². The number of carbonyl (C=O) groups is 1. The highest BCUT2D eigenvalue weighted by atomic mass is 35.5. The van der Waals surface area contributed by atoms with Gasteiger partial charge in [0.25, 0.3) is 5.69 Å². The molecule has 0 aliphatic heterocycles. The maximum Gasteiger partial charge on any atom is 0.319 e. The van der Waals surface area contributed by atoms with Crippen LogP contribution in [-0.4, -0.2) is 24.1 Å². The summed E-state index contributed by atoms with van der Waals surface area (Å²) >= 11 is 11.7. The fourth-order valence-electron chi connectivity index (χ4n) is 1.92. The van der Waals surface area contributed by atoms with Crippen LogP contribution in [0.1, 0.15) is 6.42 Å². The van der Waals surface area contributed by atoms with Gasteiger partial charge < -0.3 is 15.4 Å². The number of para-hydroxylation sites is 1. The van der Waals surface area contributed by atoms with Crippen molar-refractivity contribution in [2.75, 3.05) is 18.5 Å². The van der Waals surface area contributed by atoms with Crippen LogP contribution in [0.4, 0.5) is 16.2 Å². The number of carbonyl (C=O) groups excluding carboxylic acids is 1. The van der Waals surface area contributed by atoms with E-state index in [-0.39, 0.29) is 16.4 Å². The maximum absolute atomic E-state index is 11.8. The summed E-state index contributed by atoms with van der Waals surface area (Å²) in [5, 5.41) is 16.5. The van der Waals surface area contributed by atoms with Crippen molar-refractivity contribution in [3.05, 3.63) is 62.6 Å². The molecular weight excluding hydrogens is 369 g/mol. The third-order valence-electron chi connectivity index (χ3n) is 3.10. The third kappa shape index (κ3) is 5.81. The summed E-state index contributed by atoms with van der Waals surface area (Å²) in [7, 11) is 0. The zero-order valence-electron chi connectivity index (χ0n) is 13.0. The molecule has 0 radical (unpaired) electrons. The summed E-state index contributed by atoms with van der Waals surface area (Å²) < 4.78 is 5.50. The first-order valence-electron chi connectivity index (χ1n) is 7.33. The van der Waals surface area contributed by atoms with Crippen LogP contribution < -0.4 is 15.4 Å². The molecule has 0 aliphatic carbocycles. The van der Waals surface area contributed by atoms with E-state index in [1.807, 2.05) is 12.1 Å². The van der Waals surface area contributed by atoms with Crippen molar-refractivity contribution in [1.29, 1.82) is 0 Å². The number of nitrogens with one attached hydrogen (secondary N) is 2. The Morgan fingerprint density at radius 1 is 1.16 bits per heavy atom. The number of nitrogens with zero attached hydrogens (tertiary/aromatic N) is 1. The molecule has 0 aromatic heterocycles. The van der Waals surface area contributed by atoms with Crippen molar-refractivity contribution >= 4 is 40.6 Å². The predicted octanol–water partition coefficient (Wildman–Crippen LogP) is 4.49. The van der Waals surface area contributed by atoms with Gasteiger partial charge in [-0.25, -0.2) is 4.79 Å². The van der Waals surface area contributed by atoms with E-state index in [0.717, 1.165) is 0 Å². The highest BCUT2D eigenvalue weighted by Gasteiger charge is 2.13. The zero-order valence-corrected chi connectivity index (χ0v) is 14.5. The van der Waals surface area contributed by atoms with Crippen LogP contribution in [0.5, 0.6) is 5.75 Å². The molecule has 0 spiro atoms. The molecule has 7 nitrogen and oxygen atoms in total. The number of rotatable bonds is 7. The lowest BCUT2D eigenvalue weighted by Gasteiger charge is -2.09. The highest BCUT2D eigenvalue weighted by Crippen LogP contribution is 2.27. The maximum atomic E-state index is 11.8. The molecule has 0 saturated heterocycles. The van der Waals surface area contributed by atoms with E-state index in [0.29, 0.717) is 30.3 Å². The minimum atomic E-state index is -0.614. The molecule has 2 rings (SSSR count). The van der Waals surface area contributed by atoms with Crippen molar-refractivity contribution in [3.8, 4) is 5.75 Å². The van der Waals surface area contributed by atoms with Crippen LogP contribution in [0.15, 0.2) is 42.5 Å². The molecule has 0 bridgehead atoms. The van der Waals surface area contributed by atoms with Gasteiger partial charge in [0.05, 0.1) is 16.6 Å². The molecule has 2 aromatic rings. The standard InChI is InChI=1S/C16H15Cl2N3O4/c17-12-7-6-11(10-14(12)21(23)24)20-16(22)19-8-3-9-25-15-5-2-1-4-13(15)18/h1-2,4-7,10H,3,8-9H2,(H2,19,20,22). The Hall–Kier alpha value is -2.51. The van der Waals surface area contributed by atoms with Crippen molar-refractivity contribution in [3.63, 3.8) is 0 Å². The van der Waals surface area contributed by atoms with Crippen LogP contribution in [-0.2, 0) is 0 Å². The molecule has 0 aliphatic rings. The van der Waals surface area contributed by atoms with E-state index in [4.69, 9.17) is 27.9 Å². The number of urea groups is 1. The van der Waals surface area contributed by atoms with Crippen LogP contribution in [0, 0.1) is 10.1 Å². The lowest BCUT2D eigenvalue weighted by atomic mass is 10.3. The first-order chi connectivity index (χ1) is 12.0. The number of amides is 2. The zero-order chi connectivity index (χ0) is 18.2. The van der Waals surface area contributed by atoms with Gasteiger partial charge in [0, 0.05) is 18.3 Å². The molecule has 2 aromatic carbocycles. The van der Waals surface area contributed by atoms with Gasteiger partial charge in [-0.3, -0.25) is 10.1 Å². The van der Waals surface area contributed by atoms with Gasteiger partial charge in [-0.05, 0) is 30.7 Å². The SMILES string of the molecule is O=C(NCCCOc1ccccc1Cl)Nc1ccc(Cl)c([N+](=O)[O-])c1. The van der Waals surface area contributed by atoms with Gasteiger partial charge >= 0.3 is 6.03 Å². The van der Waals surface area contributed by atoms with Crippen LogP contribution >= 0.6 is 23.2 Å². The number of anilines is 1. The second-order valence-corrected chi connectivity index (χ2v) is 5.75. The number of nitro benzene ring substituents is 1. The minimum Gasteiger partial charge on any atom is -0.492 e. The summed E-state index contributed by atoms with van der Waals surface area (Å²) in [6.07, 6.45) is 0.569. The van der Waals surface area contributed by atoms with Crippen LogP contribution in [0.25, 0.3) is 0 Å². The Bertz CT molecular complexity index is 771. The lowest BCUT2D eigenvalue weighted by molar-refractivity contribution is -0.384. The van der Waals surface area contributed by atoms with Crippen LogP contribution in [0.3, 0.4) is 0 Å². The van der Waals surface area contributed by atoms with E-state index in [1.54, 1.807) is 12.1 Å². The summed E-state index contributed by atoms with van der Waals surface area (Å²) in [6.45, 7) is 0.752. The van der Waals surface area contributed by atoms with Gasteiger partial charge in [0.2, 0.25) is 0 Å². The minimum absolute atomic E-state index is 0.00711. The Labute approximate surface area is 154 Å². The quantitative estimate of drug-likeness (QED) is 0.418.